The highest BCUT2D eigenvalue weighted by Gasteiger charge is 2.14. The fraction of sp³-hybridized carbons (Fsp3) is 0.350. The SMILES string of the molecule is COc1cc(CNCCNCC(C)O)ccc1Oc1nnnn1-c1ccccc1.Cl.Cl. The van der Waals surface area contributed by atoms with E-state index in [0.717, 1.165) is 24.3 Å². The fourth-order valence-corrected chi connectivity index (χ4v) is 2.70. The van der Waals surface area contributed by atoms with E-state index < -0.39 is 0 Å². The molecule has 0 radical (unpaired) electrons. The van der Waals surface area contributed by atoms with Gasteiger partial charge in [-0.2, -0.15) is 4.68 Å². The fourth-order valence-electron chi connectivity index (χ4n) is 2.70. The Morgan fingerprint density at radius 1 is 1.03 bits per heavy atom. The van der Waals surface area contributed by atoms with Crippen LogP contribution in [-0.2, 0) is 6.54 Å². The molecule has 0 aliphatic carbocycles. The van der Waals surface area contributed by atoms with E-state index in [1.165, 1.54) is 4.68 Å². The summed E-state index contributed by atoms with van der Waals surface area (Å²) in [4.78, 5) is 0. The highest BCUT2D eigenvalue weighted by molar-refractivity contribution is 5.85. The summed E-state index contributed by atoms with van der Waals surface area (Å²) < 4.78 is 12.9. The second-order valence-electron chi connectivity index (χ2n) is 6.53. The lowest BCUT2D eigenvalue weighted by Crippen LogP contribution is -2.31. The van der Waals surface area contributed by atoms with Crippen molar-refractivity contribution in [2.75, 3.05) is 26.7 Å². The largest absolute Gasteiger partial charge is 0.493 e. The van der Waals surface area contributed by atoms with Gasteiger partial charge in [0.05, 0.1) is 18.9 Å². The van der Waals surface area contributed by atoms with Crippen LogP contribution in [0.2, 0.25) is 0 Å². The van der Waals surface area contributed by atoms with Gasteiger partial charge in [-0.25, -0.2) is 0 Å². The van der Waals surface area contributed by atoms with Crippen molar-refractivity contribution in [1.82, 2.24) is 30.8 Å². The van der Waals surface area contributed by atoms with Crippen LogP contribution in [0, 0.1) is 0 Å². The summed E-state index contributed by atoms with van der Waals surface area (Å²) in [6.07, 6.45) is -0.338. The molecule has 31 heavy (non-hydrogen) atoms. The number of tetrazole rings is 1. The Morgan fingerprint density at radius 3 is 2.48 bits per heavy atom. The standard InChI is InChI=1S/C20H26N6O3.2ClH/c1-15(27)13-21-10-11-22-14-16-8-9-18(19(12-16)28-2)29-20-23-24-25-26(20)17-6-4-3-5-7-17;;/h3-9,12,15,21-22,27H,10-11,13-14H2,1-2H3;2*1H. The number of ether oxygens (including phenoxy) is 2. The predicted molar refractivity (Wildman–Crippen MR) is 123 cm³/mol. The smallest absolute Gasteiger partial charge is 0.346 e. The van der Waals surface area contributed by atoms with E-state index in [2.05, 4.69) is 26.2 Å². The van der Waals surface area contributed by atoms with Crippen molar-refractivity contribution in [3.05, 3.63) is 54.1 Å². The first kappa shape index (κ1) is 26.6. The lowest BCUT2D eigenvalue weighted by atomic mass is 10.2. The average molecular weight is 471 g/mol. The minimum Gasteiger partial charge on any atom is -0.493 e. The van der Waals surface area contributed by atoms with Gasteiger partial charge in [0.15, 0.2) is 11.5 Å². The molecule has 0 bridgehead atoms. The van der Waals surface area contributed by atoms with E-state index in [-0.39, 0.29) is 36.9 Å². The maximum Gasteiger partial charge on any atom is 0.346 e. The van der Waals surface area contributed by atoms with Gasteiger partial charge in [0, 0.05) is 26.2 Å². The zero-order chi connectivity index (χ0) is 20.5. The van der Waals surface area contributed by atoms with Crippen LogP contribution < -0.4 is 20.1 Å². The summed E-state index contributed by atoms with van der Waals surface area (Å²) in [7, 11) is 1.60. The molecule has 0 aliphatic rings. The van der Waals surface area contributed by atoms with Gasteiger partial charge < -0.3 is 25.2 Å². The number of aliphatic hydroxyl groups excluding tert-OH is 1. The molecule has 11 heteroatoms. The van der Waals surface area contributed by atoms with Crippen molar-refractivity contribution in [3.63, 3.8) is 0 Å². The van der Waals surface area contributed by atoms with E-state index in [4.69, 9.17) is 9.47 Å². The van der Waals surface area contributed by atoms with Crippen molar-refractivity contribution in [2.24, 2.45) is 0 Å². The van der Waals surface area contributed by atoms with Crippen molar-refractivity contribution in [1.29, 1.82) is 0 Å². The van der Waals surface area contributed by atoms with E-state index in [1.807, 2.05) is 48.5 Å². The minimum atomic E-state index is -0.338. The first-order valence-electron chi connectivity index (χ1n) is 9.45. The van der Waals surface area contributed by atoms with Crippen LogP contribution in [-0.4, -0.2) is 58.2 Å². The summed E-state index contributed by atoms with van der Waals surface area (Å²) in [5.74, 6) is 1.13. The van der Waals surface area contributed by atoms with Crippen LogP contribution in [0.15, 0.2) is 48.5 Å². The maximum absolute atomic E-state index is 9.22. The molecule has 3 N–H and O–H groups in total. The zero-order valence-corrected chi connectivity index (χ0v) is 19.0. The summed E-state index contributed by atoms with van der Waals surface area (Å²) in [6, 6.07) is 15.5. The Kier molecular flexibility index (Phi) is 11.8. The summed E-state index contributed by atoms with van der Waals surface area (Å²) in [6.45, 7) is 4.61. The zero-order valence-electron chi connectivity index (χ0n) is 17.4. The third-order valence-electron chi connectivity index (χ3n) is 4.12. The number of aliphatic hydroxyl groups is 1. The third kappa shape index (κ3) is 7.97. The van der Waals surface area contributed by atoms with Crippen molar-refractivity contribution in [2.45, 2.75) is 19.6 Å². The molecule has 1 atom stereocenters. The number of hydrogen-bond acceptors (Lipinski definition) is 8. The first-order chi connectivity index (χ1) is 14.2. The minimum absolute atomic E-state index is 0. The second-order valence-corrected chi connectivity index (χ2v) is 6.53. The Labute approximate surface area is 194 Å². The van der Waals surface area contributed by atoms with Crippen molar-refractivity contribution >= 4 is 24.8 Å². The van der Waals surface area contributed by atoms with Gasteiger partial charge in [-0.05, 0) is 47.2 Å². The lowest BCUT2D eigenvalue weighted by Gasteiger charge is -2.12. The number of nitrogens with zero attached hydrogens (tertiary/aromatic N) is 4. The van der Waals surface area contributed by atoms with Crippen LogP contribution in [0.4, 0.5) is 0 Å². The highest BCUT2D eigenvalue weighted by atomic mass is 35.5. The maximum atomic E-state index is 9.22. The molecule has 0 amide bonds. The van der Waals surface area contributed by atoms with Gasteiger partial charge in [-0.3, -0.25) is 0 Å². The summed E-state index contributed by atoms with van der Waals surface area (Å²) in [5, 5.41) is 27.4. The number of rotatable bonds is 11. The third-order valence-corrected chi connectivity index (χ3v) is 4.12. The number of para-hydroxylation sites is 1. The highest BCUT2D eigenvalue weighted by Crippen LogP contribution is 2.32. The number of benzene rings is 2. The number of hydrogen-bond donors (Lipinski definition) is 3. The lowest BCUT2D eigenvalue weighted by molar-refractivity contribution is 0.191. The second kappa shape index (κ2) is 13.8. The predicted octanol–water partition coefficient (Wildman–Crippen LogP) is 2.37. The van der Waals surface area contributed by atoms with Crippen LogP contribution in [0.1, 0.15) is 12.5 Å². The molecule has 0 fully saturated rings. The molecule has 3 aromatic rings. The molecule has 1 heterocycles. The molecule has 3 rings (SSSR count). The Bertz CT molecular complexity index is 896. The number of nitrogens with one attached hydrogen (secondary N) is 2. The van der Waals surface area contributed by atoms with E-state index in [9.17, 15) is 5.11 Å². The number of methoxy groups -OCH3 is 1. The number of aromatic nitrogens is 4. The van der Waals surface area contributed by atoms with Crippen molar-refractivity contribution in [3.8, 4) is 23.2 Å². The Morgan fingerprint density at radius 2 is 1.77 bits per heavy atom. The molecular weight excluding hydrogens is 443 g/mol. The van der Waals surface area contributed by atoms with Crippen molar-refractivity contribution < 1.29 is 14.6 Å². The number of halogens is 2. The monoisotopic (exact) mass is 470 g/mol. The van der Waals surface area contributed by atoms with E-state index in [1.54, 1.807) is 14.0 Å². The molecule has 170 valence electrons. The molecule has 0 saturated carbocycles. The van der Waals surface area contributed by atoms with Crippen LogP contribution >= 0.6 is 24.8 Å². The molecule has 2 aromatic carbocycles. The molecule has 1 unspecified atom stereocenters. The molecule has 0 saturated heterocycles. The molecule has 9 nitrogen and oxygen atoms in total. The van der Waals surface area contributed by atoms with Crippen LogP contribution in [0.3, 0.4) is 0 Å². The molecule has 0 spiro atoms. The summed E-state index contributed by atoms with van der Waals surface area (Å²) >= 11 is 0. The van der Waals surface area contributed by atoms with Gasteiger partial charge in [-0.15, -0.1) is 24.8 Å². The Hall–Kier alpha value is -2.43. The van der Waals surface area contributed by atoms with Gasteiger partial charge >= 0.3 is 6.01 Å². The van der Waals surface area contributed by atoms with E-state index in [0.29, 0.717) is 24.6 Å². The first-order valence-corrected chi connectivity index (χ1v) is 9.45. The molecule has 0 aliphatic heterocycles. The van der Waals surface area contributed by atoms with Gasteiger partial charge in [0.1, 0.15) is 0 Å². The van der Waals surface area contributed by atoms with Gasteiger partial charge in [0.25, 0.3) is 0 Å². The van der Waals surface area contributed by atoms with Crippen LogP contribution in [0.25, 0.3) is 5.69 Å². The average Bonchev–Trinajstić information content (AvgIpc) is 3.20. The van der Waals surface area contributed by atoms with Gasteiger partial charge in [0.2, 0.25) is 0 Å². The topological polar surface area (TPSA) is 106 Å². The quantitative estimate of drug-likeness (QED) is 0.366. The van der Waals surface area contributed by atoms with E-state index >= 15 is 0 Å². The van der Waals surface area contributed by atoms with Crippen LogP contribution in [0.5, 0.6) is 17.5 Å². The Balaban J connectivity index is 0.00000240. The molecular formula is C20H28Cl2N6O3. The van der Waals surface area contributed by atoms with Gasteiger partial charge in [-0.1, -0.05) is 29.4 Å². The normalized spacial score (nSPS) is 11.2. The molecule has 1 aromatic heterocycles. The summed E-state index contributed by atoms with van der Waals surface area (Å²) in [5.41, 5.74) is 1.86.